The highest BCUT2D eigenvalue weighted by molar-refractivity contribution is 5.99. The van der Waals surface area contributed by atoms with Gasteiger partial charge in [-0.05, 0) is 12.1 Å². The van der Waals surface area contributed by atoms with Gasteiger partial charge in [-0.1, -0.05) is 0 Å². The molecule has 0 aliphatic carbocycles. The number of pyridine rings is 1. The molecule has 8 heteroatoms. The maximum atomic E-state index is 12.0. The molecule has 0 saturated carbocycles. The van der Waals surface area contributed by atoms with Crippen molar-refractivity contribution in [1.82, 2.24) is 20.5 Å². The summed E-state index contributed by atoms with van der Waals surface area (Å²) in [7, 11) is 0. The Morgan fingerprint density at radius 3 is 2.90 bits per heavy atom. The van der Waals surface area contributed by atoms with Gasteiger partial charge < -0.3 is 16.0 Å². The number of H-pyrrole nitrogens is 2. The molecule has 0 unspecified atom stereocenters. The van der Waals surface area contributed by atoms with Gasteiger partial charge >= 0.3 is 0 Å². The van der Waals surface area contributed by atoms with Crippen LogP contribution in [0, 0.1) is 0 Å². The van der Waals surface area contributed by atoms with Crippen molar-refractivity contribution >= 4 is 11.8 Å². The lowest BCUT2D eigenvalue weighted by Gasteiger charge is -2.04. The number of carbonyl (C=O) groups excluding carboxylic acids is 2. The molecule has 0 radical (unpaired) electrons. The number of hydrogen-bond acceptors (Lipinski definition) is 4. The minimum Gasteiger partial charge on any atom is -0.370 e. The van der Waals surface area contributed by atoms with E-state index in [1.807, 2.05) is 0 Å². The average Bonchev–Trinajstić information content (AvgIpc) is 2.87. The first-order valence-electron chi connectivity index (χ1n) is 5.87. The number of nitrogens with one attached hydrogen (secondary N) is 3. The second-order valence-corrected chi connectivity index (χ2v) is 4.04. The standard InChI is InChI=1S/C12H13N5O3/c13-9(18)3-5-15-12(20)8-6-16-17-10(8)7-2-1-4-14-11(7)19/h1-2,4,6H,3,5H2,(H2,13,18)(H,14,19)(H,15,20)(H,16,17). The highest BCUT2D eigenvalue weighted by Crippen LogP contribution is 2.16. The molecular weight excluding hydrogens is 262 g/mol. The normalized spacial score (nSPS) is 10.2. The van der Waals surface area contributed by atoms with Crippen molar-refractivity contribution < 1.29 is 9.59 Å². The Morgan fingerprint density at radius 1 is 1.40 bits per heavy atom. The van der Waals surface area contributed by atoms with Crippen molar-refractivity contribution in [2.45, 2.75) is 6.42 Å². The molecule has 2 heterocycles. The second-order valence-electron chi connectivity index (χ2n) is 4.04. The number of amides is 2. The van der Waals surface area contributed by atoms with E-state index in [-0.39, 0.29) is 24.1 Å². The van der Waals surface area contributed by atoms with Gasteiger partial charge in [-0.15, -0.1) is 0 Å². The summed E-state index contributed by atoms with van der Waals surface area (Å²) in [6.45, 7) is 0.129. The van der Waals surface area contributed by atoms with Gasteiger partial charge in [-0.3, -0.25) is 19.5 Å². The van der Waals surface area contributed by atoms with Crippen LogP contribution in [0.5, 0.6) is 0 Å². The lowest BCUT2D eigenvalue weighted by Crippen LogP contribution is -2.28. The maximum absolute atomic E-state index is 12.0. The van der Waals surface area contributed by atoms with Crippen LogP contribution in [0.15, 0.2) is 29.3 Å². The van der Waals surface area contributed by atoms with E-state index in [1.165, 1.54) is 12.4 Å². The fourth-order valence-electron chi connectivity index (χ4n) is 1.68. The first-order chi connectivity index (χ1) is 9.59. The van der Waals surface area contributed by atoms with Crippen molar-refractivity contribution in [3.05, 3.63) is 40.4 Å². The molecule has 0 atom stereocenters. The molecule has 2 rings (SSSR count). The molecule has 0 aliphatic rings. The molecule has 8 nitrogen and oxygen atoms in total. The molecule has 2 aromatic rings. The third-order valence-corrected chi connectivity index (χ3v) is 2.63. The van der Waals surface area contributed by atoms with E-state index in [4.69, 9.17) is 5.73 Å². The van der Waals surface area contributed by atoms with Gasteiger partial charge in [-0.25, -0.2) is 0 Å². The van der Waals surface area contributed by atoms with Crippen molar-refractivity contribution in [3.8, 4) is 11.3 Å². The van der Waals surface area contributed by atoms with Crippen molar-refractivity contribution in [1.29, 1.82) is 0 Å². The molecule has 5 N–H and O–H groups in total. The van der Waals surface area contributed by atoms with Crippen molar-refractivity contribution in [3.63, 3.8) is 0 Å². The zero-order valence-electron chi connectivity index (χ0n) is 10.5. The van der Waals surface area contributed by atoms with Gasteiger partial charge in [0.1, 0.15) is 0 Å². The first kappa shape index (κ1) is 13.5. The van der Waals surface area contributed by atoms with Crippen molar-refractivity contribution in [2.75, 3.05) is 6.54 Å². The summed E-state index contributed by atoms with van der Waals surface area (Å²) < 4.78 is 0. The number of carbonyl (C=O) groups is 2. The van der Waals surface area contributed by atoms with Crippen LogP contribution in [0.2, 0.25) is 0 Å². The van der Waals surface area contributed by atoms with E-state index in [0.29, 0.717) is 11.3 Å². The van der Waals surface area contributed by atoms with E-state index in [9.17, 15) is 14.4 Å². The number of nitrogens with zero attached hydrogens (tertiary/aromatic N) is 1. The summed E-state index contributed by atoms with van der Waals surface area (Å²) in [5, 5.41) is 8.93. The quantitative estimate of drug-likeness (QED) is 0.578. The van der Waals surface area contributed by atoms with Crippen molar-refractivity contribution in [2.24, 2.45) is 5.73 Å². The number of aromatic nitrogens is 3. The Morgan fingerprint density at radius 2 is 2.20 bits per heavy atom. The Labute approximate surface area is 113 Å². The molecule has 104 valence electrons. The van der Waals surface area contributed by atoms with Gasteiger partial charge in [0.15, 0.2) is 0 Å². The summed E-state index contributed by atoms with van der Waals surface area (Å²) in [6.07, 6.45) is 2.86. The molecule has 2 amide bonds. The summed E-state index contributed by atoms with van der Waals surface area (Å²) >= 11 is 0. The Hall–Kier alpha value is -2.90. The number of rotatable bonds is 5. The molecule has 0 saturated heterocycles. The first-order valence-corrected chi connectivity index (χ1v) is 5.87. The Bertz CT molecular complexity index is 688. The summed E-state index contributed by atoms with van der Waals surface area (Å²) in [5.41, 5.74) is 5.51. The van der Waals surface area contributed by atoms with Gasteiger partial charge in [0.25, 0.3) is 11.5 Å². The molecule has 0 fully saturated rings. The lowest BCUT2D eigenvalue weighted by atomic mass is 10.1. The summed E-state index contributed by atoms with van der Waals surface area (Å²) in [4.78, 5) is 36.8. The molecule has 0 aromatic carbocycles. The van der Waals surface area contributed by atoms with E-state index in [1.54, 1.807) is 12.1 Å². The van der Waals surface area contributed by atoms with Crippen LogP contribution in [0.1, 0.15) is 16.8 Å². The van der Waals surface area contributed by atoms with Gasteiger partial charge in [0.05, 0.1) is 23.0 Å². The van der Waals surface area contributed by atoms with Crippen LogP contribution < -0.4 is 16.6 Å². The number of hydrogen-bond donors (Lipinski definition) is 4. The van der Waals surface area contributed by atoms with Crippen LogP contribution in [-0.2, 0) is 4.79 Å². The monoisotopic (exact) mass is 275 g/mol. The number of aromatic amines is 2. The van der Waals surface area contributed by atoms with Gasteiger partial charge in [-0.2, -0.15) is 5.10 Å². The van der Waals surface area contributed by atoms with Crippen LogP contribution in [0.25, 0.3) is 11.3 Å². The summed E-state index contributed by atoms with van der Waals surface area (Å²) in [6, 6.07) is 3.22. The molecule has 0 bridgehead atoms. The zero-order chi connectivity index (χ0) is 14.5. The van der Waals surface area contributed by atoms with E-state index in [2.05, 4.69) is 20.5 Å². The zero-order valence-corrected chi connectivity index (χ0v) is 10.5. The van der Waals surface area contributed by atoms with Crippen LogP contribution in [0.3, 0.4) is 0 Å². The Balaban J connectivity index is 2.21. The summed E-state index contributed by atoms with van der Waals surface area (Å²) in [5.74, 6) is -0.935. The molecular formula is C12H13N5O3. The fourth-order valence-corrected chi connectivity index (χ4v) is 1.68. The highest BCUT2D eigenvalue weighted by Gasteiger charge is 2.16. The lowest BCUT2D eigenvalue weighted by molar-refractivity contribution is -0.117. The Kier molecular flexibility index (Phi) is 3.94. The second kappa shape index (κ2) is 5.83. The van der Waals surface area contributed by atoms with E-state index in [0.717, 1.165) is 0 Å². The fraction of sp³-hybridized carbons (Fsp3) is 0.167. The smallest absolute Gasteiger partial charge is 0.257 e. The van der Waals surface area contributed by atoms with Crippen LogP contribution in [0.4, 0.5) is 0 Å². The minimum absolute atomic E-state index is 0.0465. The third-order valence-electron chi connectivity index (χ3n) is 2.63. The largest absolute Gasteiger partial charge is 0.370 e. The average molecular weight is 275 g/mol. The van der Waals surface area contributed by atoms with Gasteiger partial charge in [0, 0.05) is 19.2 Å². The molecule has 0 spiro atoms. The van der Waals surface area contributed by atoms with Crippen LogP contribution >= 0.6 is 0 Å². The van der Waals surface area contributed by atoms with E-state index >= 15 is 0 Å². The van der Waals surface area contributed by atoms with E-state index < -0.39 is 11.8 Å². The number of primary amides is 1. The minimum atomic E-state index is -0.503. The molecule has 2 aromatic heterocycles. The molecule has 20 heavy (non-hydrogen) atoms. The van der Waals surface area contributed by atoms with Gasteiger partial charge in [0.2, 0.25) is 5.91 Å². The SMILES string of the molecule is NC(=O)CCNC(=O)c1cn[nH]c1-c1ccc[nH]c1=O. The predicted octanol–water partition coefficient (Wildman–Crippen LogP) is -0.630. The molecule has 0 aliphatic heterocycles. The highest BCUT2D eigenvalue weighted by atomic mass is 16.2. The number of nitrogens with two attached hydrogens (primary N) is 1. The predicted molar refractivity (Wildman–Crippen MR) is 70.8 cm³/mol. The third kappa shape index (κ3) is 2.91. The maximum Gasteiger partial charge on any atom is 0.257 e. The van der Waals surface area contributed by atoms with Crippen LogP contribution in [-0.4, -0.2) is 33.5 Å². The topological polar surface area (TPSA) is 134 Å².